The van der Waals surface area contributed by atoms with Gasteiger partial charge in [0.15, 0.2) is 0 Å². The summed E-state index contributed by atoms with van der Waals surface area (Å²) in [7, 11) is 0. The fourth-order valence-electron chi connectivity index (χ4n) is 9.52. The van der Waals surface area contributed by atoms with Gasteiger partial charge < -0.3 is 0 Å². The van der Waals surface area contributed by atoms with Crippen molar-refractivity contribution in [3.05, 3.63) is 193 Å². The first-order valence-corrected chi connectivity index (χ1v) is 18.7. The molecular formula is C53H36. The van der Waals surface area contributed by atoms with Crippen LogP contribution < -0.4 is 0 Å². The van der Waals surface area contributed by atoms with Crippen molar-refractivity contribution in [2.24, 2.45) is 0 Å². The van der Waals surface area contributed by atoms with Crippen LogP contribution in [-0.4, -0.2) is 0 Å². The monoisotopic (exact) mass is 672 g/mol. The number of fused-ring (bicyclic) bond motifs is 9. The van der Waals surface area contributed by atoms with E-state index in [0.29, 0.717) is 0 Å². The molecule has 53 heavy (non-hydrogen) atoms. The fourth-order valence-corrected chi connectivity index (χ4v) is 9.52. The maximum absolute atomic E-state index is 2.43. The molecule has 0 aromatic heterocycles. The number of hydrogen-bond donors (Lipinski definition) is 0. The first kappa shape index (κ1) is 30.2. The average Bonchev–Trinajstić information content (AvgIpc) is 3.44. The molecule has 0 amide bonds. The molecule has 1 aliphatic rings. The summed E-state index contributed by atoms with van der Waals surface area (Å²) in [6.45, 7) is 4.78. The Kier molecular flexibility index (Phi) is 6.40. The van der Waals surface area contributed by atoms with Gasteiger partial charge in [-0.1, -0.05) is 178 Å². The van der Waals surface area contributed by atoms with Gasteiger partial charge in [0.2, 0.25) is 0 Å². The summed E-state index contributed by atoms with van der Waals surface area (Å²) in [5, 5.41) is 12.9. The van der Waals surface area contributed by atoms with E-state index in [2.05, 4.69) is 196 Å². The summed E-state index contributed by atoms with van der Waals surface area (Å²) in [5.41, 5.74) is 13.1. The Morgan fingerprint density at radius 3 is 1.43 bits per heavy atom. The lowest BCUT2D eigenvalue weighted by atomic mass is 9.80. The van der Waals surface area contributed by atoms with Crippen molar-refractivity contribution in [1.29, 1.82) is 0 Å². The lowest BCUT2D eigenvalue weighted by Crippen LogP contribution is -2.14. The molecule has 0 N–H and O–H groups in total. The normalized spacial score (nSPS) is 13.2. The average molecular weight is 673 g/mol. The molecule has 0 atom stereocenters. The minimum atomic E-state index is -0.103. The Morgan fingerprint density at radius 1 is 0.283 bits per heavy atom. The molecule has 10 aromatic rings. The lowest BCUT2D eigenvalue weighted by Gasteiger charge is -2.23. The van der Waals surface area contributed by atoms with Crippen molar-refractivity contribution in [1.82, 2.24) is 0 Å². The van der Waals surface area contributed by atoms with Gasteiger partial charge in [0.1, 0.15) is 0 Å². The van der Waals surface area contributed by atoms with Crippen LogP contribution >= 0.6 is 0 Å². The van der Waals surface area contributed by atoms with Crippen LogP contribution in [0.4, 0.5) is 0 Å². The summed E-state index contributed by atoms with van der Waals surface area (Å²) in [4.78, 5) is 0. The first-order chi connectivity index (χ1) is 26.1. The predicted octanol–water partition coefficient (Wildman–Crippen LogP) is 14.8. The maximum atomic E-state index is 2.43. The van der Waals surface area contributed by atoms with Crippen LogP contribution in [0, 0.1) is 0 Å². The SMILES string of the molecule is CC1(C)c2cc3ccccc3cc2-c2c(-c3c4ccccc4c(-c4ccc(-c5cc6ccccc6c6ccccc56)cc4)c4ccccc34)cccc21. The van der Waals surface area contributed by atoms with E-state index in [0.717, 1.165) is 0 Å². The molecule has 11 rings (SSSR count). The molecule has 0 nitrogen and oxygen atoms in total. The van der Waals surface area contributed by atoms with Crippen molar-refractivity contribution >= 4 is 53.9 Å². The summed E-state index contributed by atoms with van der Waals surface area (Å²) >= 11 is 0. The van der Waals surface area contributed by atoms with E-state index in [1.54, 1.807) is 0 Å². The van der Waals surface area contributed by atoms with Crippen molar-refractivity contribution in [2.75, 3.05) is 0 Å². The second-order valence-corrected chi connectivity index (χ2v) is 15.2. The second kappa shape index (κ2) is 11.2. The fraction of sp³-hybridized carbons (Fsp3) is 0.0566. The number of benzene rings is 10. The molecule has 0 saturated heterocycles. The first-order valence-electron chi connectivity index (χ1n) is 18.7. The molecule has 0 aliphatic heterocycles. The van der Waals surface area contributed by atoms with E-state index in [1.165, 1.54) is 109 Å². The van der Waals surface area contributed by atoms with Crippen LogP contribution in [0.15, 0.2) is 182 Å². The van der Waals surface area contributed by atoms with Crippen LogP contribution in [0.25, 0.3) is 98.4 Å². The third-order valence-electron chi connectivity index (χ3n) is 12.0. The molecule has 0 heterocycles. The van der Waals surface area contributed by atoms with Crippen molar-refractivity contribution in [3.8, 4) is 44.5 Å². The van der Waals surface area contributed by atoms with Gasteiger partial charge in [-0.05, 0) is 128 Å². The predicted molar refractivity (Wildman–Crippen MR) is 228 cm³/mol. The molecule has 10 aromatic carbocycles. The minimum Gasteiger partial charge on any atom is -0.0616 e. The zero-order chi connectivity index (χ0) is 35.3. The van der Waals surface area contributed by atoms with Crippen LogP contribution in [0.2, 0.25) is 0 Å². The standard InChI is InChI=1S/C53H36/c1-53(2)48-25-13-24-45(52(48)47-30-35-14-3-4-15-36(35)32-49(47)53)51-43-22-11-9-20-41(43)50(42-21-10-12-23-44(42)51)34-28-26-33(27-29-34)46-31-37-16-5-6-17-38(37)39-18-7-8-19-40(39)46/h3-32H,1-2H3. The summed E-state index contributed by atoms with van der Waals surface area (Å²) in [6.07, 6.45) is 0. The van der Waals surface area contributed by atoms with Crippen LogP contribution in [0.1, 0.15) is 25.0 Å². The topological polar surface area (TPSA) is 0 Å². The molecule has 0 saturated carbocycles. The van der Waals surface area contributed by atoms with E-state index in [1.807, 2.05) is 0 Å². The highest BCUT2D eigenvalue weighted by atomic mass is 14.4. The van der Waals surface area contributed by atoms with Crippen molar-refractivity contribution in [3.63, 3.8) is 0 Å². The van der Waals surface area contributed by atoms with Crippen molar-refractivity contribution in [2.45, 2.75) is 19.3 Å². The van der Waals surface area contributed by atoms with Gasteiger partial charge in [0.05, 0.1) is 0 Å². The highest BCUT2D eigenvalue weighted by Gasteiger charge is 2.37. The van der Waals surface area contributed by atoms with E-state index in [-0.39, 0.29) is 5.41 Å². The Morgan fingerprint density at radius 2 is 0.774 bits per heavy atom. The molecule has 0 unspecified atom stereocenters. The lowest BCUT2D eigenvalue weighted by molar-refractivity contribution is 0.661. The van der Waals surface area contributed by atoms with Crippen LogP contribution in [0.3, 0.4) is 0 Å². The Hall–Kier alpha value is -6.50. The van der Waals surface area contributed by atoms with E-state index >= 15 is 0 Å². The van der Waals surface area contributed by atoms with Gasteiger partial charge in [-0.15, -0.1) is 0 Å². The zero-order valence-electron chi connectivity index (χ0n) is 29.8. The van der Waals surface area contributed by atoms with Gasteiger partial charge >= 0.3 is 0 Å². The van der Waals surface area contributed by atoms with Gasteiger partial charge in [0.25, 0.3) is 0 Å². The van der Waals surface area contributed by atoms with E-state index in [4.69, 9.17) is 0 Å². The van der Waals surface area contributed by atoms with Gasteiger partial charge in [-0.2, -0.15) is 0 Å². The van der Waals surface area contributed by atoms with E-state index < -0.39 is 0 Å². The van der Waals surface area contributed by atoms with E-state index in [9.17, 15) is 0 Å². The summed E-state index contributed by atoms with van der Waals surface area (Å²) in [6, 6.07) is 67.9. The molecule has 0 spiro atoms. The maximum Gasteiger partial charge on any atom is 0.0159 e. The molecular weight excluding hydrogens is 637 g/mol. The number of rotatable bonds is 3. The highest BCUT2D eigenvalue weighted by Crippen LogP contribution is 2.55. The second-order valence-electron chi connectivity index (χ2n) is 15.2. The van der Waals surface area contributed by atoms with Gasteiger partial charge in [-0.3, -0.25) is 0 Å². The molecule has 0 bridgehead atoms. The summed E-state index contributed by atoms with van der Waals surface area (Å²) < 4.78 is 0. The molecule has 248 valence electrons. The Balaban J connectivity index is 1.14. The Bertz CT molecular complexity index is 3060. The third-order valence-corrected chi connectivity index (χ3v) is 12.0. The smallest absolute Gasteiger partial charge is 0.0159 e. The molecule has 0 radical (unpaired) electrons. The highest BCUT2D eigenvalue weighted by molar-refractivity contribution is 6.23. The quantitative estimate of drug-likeness (QED) is 0.129. The largest absolute Gasteiger partial charge is 0.0616 e. The van der Waals surface area contributed by atoms with Crippen molar-refractivity contribution < 1.29 is 0 Å². The Labute approximate surface area is 309 Å². The summed E-state index contributed by atoms with van der Waals surface area (Å²) in [5.74, 6) is 0. The third kappa shape index (κ3) is 4.36. The van der Waals surface area contributed by atoms with Gasteiger partial charge in [0, 0.05) is 5.41 Å². The molecule has 0 heteroatoms. The van der Waals surface area contributed by atoms with Crippen LogP contribution in [-0.2, 0) is 5.41 Å². The molecule has 1 aliphatic carbocycles. The zero-order valence-corrected chi connectivity index (χ0v) is 29.8. The van der Waals surface area contributed by atoms with Gasteiger partial charge in [-0.25, -0.2) is 0 Å². The molecule has 0 fully saturated rings. The van der Waals surface area contributed by atoms with Crippen LogP contribution in [0.5, 0.6) is 0 Å². The number of hydrogen-bond acceptors (Lipinski definition) is 0. The minimum absolute atomic E-state index is 0.103.